The Morgan fingerprint density at radius 3 is 2.65 bits per heavy atom. The van der Waals surface area contributed by atoms with Crippen LogP contribution in [-0.2, 0) is 11.0 Å². The van der Waals surface area contributed by atoms with E-state index < -0.39 is 23.6 Å². The molecule has 11 heteroatoms. The highest BCUT2D eigenvalue weighted by Gasteiger charge is 2.47. The normalized spacial score (nSPS) is 24.7. The first-order valence-corrected chi connectivity index (χ1v) is 12.0. The van der Waals surface area contributed by atoms with Gasteiger partial charge < -0.3 is 15.4 Å². The van der Waals surface area contributed by atoms with Crippen molar-refractivity contribution in [3.05, 3.63) is 35.5 Å². The number of carboxylic acids is 1. The molecule has 3 N–H and O–H groups in total. The molecule has 0 unspecified atom stereocenters. The van der Waals surface area contributed by atoms with Gasteiger partial charge in [0, 0.05) is 29.4 Å². The molecule has 4 aromatic rings. The lowest BCUT2D eigenvalue weighted by Crippen LogP contribution is -2.51. The molecule has 0 amide bonds. The average Bonchev–Trinajstić information content (AvgIpc) is 3.45. The average molecular weight is 488 g/mol. The van der Waals surface area contributed by atoms with Crippen LogP contribution in [0.4, 0.5) is 19.0 Å². The number of thiophene rings is 1. The van der Waals surface area contributed by atoms with E-state index in [4.69, 9.17) is 4.98 Å². The molecule has 3 saturated carbocycles. The van der Waals surface area contributed by atoms with Crippen LogP contribution in [0.5, 0.6) is 0 Å². The van der Waals surface area contributed by atoms with E-state index in [-0.39, 0.29) is 29.1 Å². The number of alkyl halides is 3. The molecule has 176 valence electrons. The zero-order valence-electron chi connectivity index (χ0n) is 17.8. The number of hydrogen-bond acceptors (Lipinski definition) is 6. The molecule has 0 aliphatic heterocycles. The topological polar surface area (TPSA) is 104 Å². The highest BCUT2D eigenvalue weighted by molar-refractivity contribution is 7.16. The van der Waals surface area contributed by atoms with Crippen LogP contribution in [0.15, 0.2) is 29.9 Å². The third-order valence-electron chi connectivity index (χ3n) is 7.23. The zero-order chi connectivity index (χ0) is 23.6. The molecule has 0 spiro atoms. The number of nitrogens with one attached hydrogen (secondary N) is 2. The zero-order valence-corrected chi connectivity index (χ0v) is 18.6. The summed E-state index contributed by atoms with van der Waals surface area (Å²) in [6.45, 7) is 0. The van der Waals surface area contributed by atoms with Crippen molar-refractivity contribution in [2.45, 2.75) is 37.9 Å². The molecule has 0 aromatic carbocycles. The quantitative estimate of drug-likeness (QED) is 0.349. The summed E-state index contributed by atoms with van der Waals surface area (Å²) >= 11 is 1.40. The molecule has 0 saturated heterocycles. The molecule has 7 nitrogen and oxygen atoms in total. The lowest BCUT2D eigenvalue weighted by atomic mass is 9.61. The molecule has 4 aromatic heterocycles. The van der Waals surface area contributed by atoms with Gasteiger partial charge in [0.15, 0.2) is 5.82 Å². The van der Waals surface area contributed by atoms with Gasteiger partial charge in [-0.3, -0.25) is 4.79 Å². The van der Waals surface area contributed by atoms with Crippen molar-refractivity contribution in [1.82, 2.24) is 19.9 Å². The Balaban J connectivity index is 1.45. The minimum absolute atomic E-state index is 0.139. The number of pyridine rings is 1. The van der Waals surface area contributed by atoms with Crippen molar-refractivity contribution < 1.29 is 23.1 Å². The Kier molecular flexibility index (Phi) is 4.80. The largest absolute Gasteiger partial charge is 0.481 e. The maximum Gasteiger partial charge on any atom is 0.417 e. The smallest absolute Gasteiger partial charge is 0.417 e. The summed E-state index contributed by atoms with van der Waals surface area (Å²) < 4.78 is 39.9. The van der Waals surface area contributed by atoms with Crippen molar-refractivity contribution in [2.24, 2.45) is 17.8 Å². The van der Waals surface area contributed by atoms with Crippen molar-refractivity contribution in [1.29, 1.82) is 0 Å². The third kappa shape index (κ3) is 3.41. The van der Waals surface area contributed by atoms with E-state index in [1.807, 2.05) is 11.4 Å². The number of aromatic amines is 1. The number of nitrogens with zero attached hydrogens (tertiary/aromatic N) is 3. The van der Waals surface area contributed by atoms with E-state index in [9.17, 15) is 23.1 Å². The molecule has 4 heterocycles. The van der Waals surface area contributed by atoms with E-state index in [0.717, 1.165) is 43.3 Å². The lowest BCUT2D eigenvalue weighted by Gasteiger charge is -2.47. The summed E-state index contributed by atoms with van der Waals surface area (Å²) in [5.41, 5.74) is -0.131. The van der Waals surface area contributed by atoms with Gasteiger partial charge >= 0.3 is 12.1 Å². The Labute approximate surface area is 195 Å². The van der Waals surface area contributed by atoms with Gasteiger partial charge in [-0.1, -0.05) is 0 Å². The Hall–Kier alpha value is -3.21. The van der Waals surface area contributed by atoms with E-state index >= 15 is 0 Å². The number of aromatic nitrogens is 4. The van der Waals surface area contributed by atoms with E-state index in [2.05, 4.69) is 20.3 Å². The summed E-state index contributed by atoms with van der Waals surface area (Å²) in [6.07, 6.45) is 1.63. The fourth-order valence-electron chi connectivity index (χ4n) is 5.60. The molecule has 3 aliphatic carbocycles. The summed E-state index contributed by atoms with van der Waals surface area (Å²) in [5.74, 6) is -0.141. The Morgan fingerprint density at radius 2 is 1.91 bits per heavy atom. The molecular formula is C23H20F3N5O2S. The number of halogens is 3. The van der Waals surface area contributed by atoms with Gasteiger partial charge in [0.1, 0.15) is 16.3 Å². The van der Waals surface area contributed by atoms with Crippen LogP contribution in [0, 0.1) is 17.8 Å². The predicted octanol–water partition coefficient (Wildman–Crippen LogP) is 5.55. The molecule has 2 atom stereocenters. The number of H-pyrrole nitrogens is 1. The fraction of sp³-hybridized carbons (Fsp3) is 0.391. The maximum atomic E-state index is 13.3. The minimum Gasteiger partial charge on any atom is -0.481 e. The van der Waals surface area contributed by atoms with Crippen LogP contribution in [0.1, 0.15) is 31.2 Å². The third-order valence-corrected chi connectivity index (χ3v) is 8.04. The second-order valence-electron chi connectivity index (χ2n) is 9.06. The second kappa shape index (κ2) is 7.66. The molecule has 3 fully saturated rings. The first kappa shape index (κ1) is 21.3. The van der Waals surface area contributed by atoms with Gasteiger partial charge in [-0.2, -0.15) is 13.2 Å². The molecule has 3 aliphatic rings. The second-order valence-corrected chi connectivity index (χ2v) is 9.96. The minimum atomic E-state index is -4.52. The number of anilines is 1. The fourth-order valence-corrected chi connectivity index (χ4v) is 6.36. The number of hydrogen-bond donors (Lipinski definition) is 3. The van der Waals surface area contributed by atoms with Crippen LogP contribution in [0.25, 0.3) is 32.6 Å². The van der Waals surface area contributed by atoms with E-state index in [0.29, 0.717) is 21.9 Å². The SMILES string of the molecule is O=C(O)[C@H]1C2CCC(CC2)[C@@H]1Nc1nc(-c2c[nH]c3ncc(C(F)(F)F)cc23)nc2sccc12. The number of aliphatic carboxylic acids is 1. The van der Waals surface area contributed by atoms with Gasteiger partial charge in [-0.25, -0.2) is 15.0 Å². The van der Waals surface area contributed by atoms with Crippen LogP contribution in [-0.4, -0.2) is 37.1 Å². The summed E-state index contributed by atoms with van der Waals surface area (Å²) in [4.78, 5) is 28.9. The van der Waals surface area contributed by atoms with Crippen molar-refractivity contribution in [3.63, 3.8) is 0 Å². The van der Waals surface area contributed by atoms with Crippen LogP contribution in [0.3, 0.4) is 0 Å². The van der Waals surface area contributed by atoms with Gasteiger partial charge in [-0.05, 0) is 55.0 Å². The maximum absolute atomic E-state index is 13.3. The van der Waals surface area contributed by atoms with E-state index in [1.54, 1.807) is 6.20 Å². The lowest BCUT2D eigenvalue weighted by molar-refractivity contribution is -0.148. The summed E-state index contributed by atoms with van der Waals surface area (Å²) in [7, 11) is 0. The first-order chi connectivity index (χ1) is 16.3. The molecule has 7 rings (SSSR count). The highest BCUT2D eigenvalue weighted by Crippen LogP contribution is 2.47. The van der Waals surface area contributed by atoms with Crippen LogP contribution in [0.2, 0.25) is 0 Å². The van der Waals surface area contributed by atoms with Gasteiger partial charge in [0.25, 0.3) is 0 Å². The number of carboxylic acid groups (broad SMARTS) is 1. The van der Waals surface area contributed by atoms with Gasteiger partial charge in [0.2, 0.25) is 0 Å². The van der Waals surface area contributed by atoms with Gasteiger partial charge in [-0.15, -0.1) is 11.3 Å². The Morgan fingerprint density at radius 1 is 1.15 bits per heavy atom. The van der Waals surface area contributed by atoms with Crippen LogP contribution >= 0.6 is 11.3 Å². The van der Waals surface area contributed by atoms with Crippen molar-refractivity contribution in [2.75, 3.05) is 5.32 Å². The monoisotopic (exact) mass is 487 g/mol. The molecule has 0 radical (unpaired) electrons. The summed E-state index contributed by atoms with van der Waals surface area (Å²) in [6, 6.07) is 2.67. The Bertz CT molecular complexity index is 1410. The van der Waals surface area contributed by atoms with Gasteiger partial charge in [0.05, 0.1) is 16.9 Å². The number of fused-ring (bicyclic) bond motifs is 5. The van der Waals surface area contributed by atoms with E-state index in [1.165, 1.54) is 11.3 Å². The standard InChI is InChI=1S/C23H20F3N5O2S/c24-23(25,26)12-7-14-15(9-28-18(14)27-8-12)20-30-19(13-5-6-34-21(13)31-20)29-17-11-3-1-10(2-4-11)16(17)22(32)33/h5-11,16-17H,1-4H2,(H,27,28)(H,32,33)(H,29,30,31)/t10?,11?,16-,17-/m0/s1. The summed E-state index contributed by atoms with van der Waals surface area (Å²) in [5, 5.41) is 16.3. The molecule has 34 heavy (non-hydrogen) atoms. The predicted molar refractivity (Wildman–Crippen MR) is 121 cm³/mol. The molecular weight excluding hydrogens is 467 g/mol. The highest BCUT2D eigenvalue weighted by atomic mass is 32.1. The van der Waals surface area contributed by atoms with Crippen molar-refractivity contribution >= 4 is 44.4 Å². The first-order valence-electron chi connectivity index (χ1n) is 11.1. The number of rotatable bonds is 4. The van der Waals surface area contributed by atoms with Crippen molar-refractivity contribution in [3.8, 4) is 11.4 Å². The number of carbonyl (C=O) groups is 1. The van der Waals surface area contributed by atoms with Crippen LogP contribution < -0.4 is 5.32 Å². The molecule has 2 bridgehead atoms.